The van der Waals surface area contributed by atoms with E-state index in [9.17, 15) is 14.1 Å². The molecule has 2 amide bonds. The highest BCUT2D eigenvalue weighted by molar-refractivity contribution is 6.18. The maximum atomic E-state index is 12.8. The Bertz CT molecular complexity index is 704. The van der Waals surface area contributed by atoms with Crippen molar-refractivity contribution in [2.75, 3.05) is 6.54 Å². The molecule has 0 spiro atoms. The molecule has 6 heteroatoms. The van der Waals surface area contributed by atoms with Gasteiger partial charge in [-0.25, -0.2) is 0 Å². The smallest absolute Gasteiger partial charge is 0.271 e. The molecule has 0 aromatic heterocycles. The first-order chi connectivity index (χ1) is 10.5. The number of hydrogen-bond acceptors (Lipinski definition) is 4. The summed E-state index contributed by atoms with van der Waals surface area (Å²) in [6.45, 7) is 3.44. The van der Waals surface area contributed by atoms with E-state index in [0.29, 0.717) is 16.3 Å². The molecule has 2 rings (SSSR count). The summed E-state index contributed by atoms with van der Waals surface area (Å²) in [6, 6.07) is 1.85. The largest absolute Gasteiger partial charge is 0.274 e. The average Bonchev–Trinajstić information content (AvgIpc) is 2.50. The lowest BCUT2D eigenvalue weighted by Crippen LogP contribution is -2.42. The molecule has 0 saturated heterocycles. The summed E-state index contributed by atoms with van der Waals surface area (Å²) in [5.41, 5.74) is 1.31. The molecule has 2 aliphatic heterocycles. The minimum atomic E-state index is -0.567. The number of nitrogens with zero attached hydrogens (tertiary/aromatic N) is 3. The maximum absolute atomic E-state index is 12.8. The topological polar surface area (TPSA) is 64.4 Å². The zero-order chi connectivity index (χ0) is 16.3. The van der Waals surface area contributed by atoms with Gasteiger partial charge in [-0.15, -0.1) is 0 Å². The van der Waals surface area contributed by atoms with Gasteiger partial charge in [0.15, 0.2) is 0 Å². The number of allylic oxidation sites excluding steroid dienone is 5. The van der Waals surface area contributed by atoms with Crippen molar-refractivity contribution >= 4 is 11.8 Å². The van der Waals surface area contributed by atoms with Gasteiger partial charge >= 0.3 is 0 Å². The Balaban J connectivity index is 2.45. The standard InChI is InChI=1S/C16H14FN3O2/c1-3-20-15(21)13(11(2)14(10-18)16(20)22)5-4-12-6-8-19(17)9-7-12/h4-9H,3H2,1-2H3/b13-5+. The Kier molecular flexibility index (Phi) is 4.37. The number of carbonyl (C=O) groups is 2. The van der Waals surface area contributed by atoms with Crippen LogP contribution in [0.4, 0.5) is 4.48 Å². The van der Waals surface area contributed by atoms with E-state index in [1.807, 2.05) is 6.07 Å². The molecule has 0 radical (unpaired) electrons. The van der Waals surface area contributed by atoms with Gasteiger partial charge in [-0.2, -0.15) is 10.4 Å². The van der Waals surface area contributed by atoms with Crippen molar-refractivity contribution < 1.29 is 14.1 Å². The van der Waals surface area contributed by atoms with Crippen LogP contribution in [0.15, 0.2) is 59.0 Å². The lowest BCUT2D eigenvalue weighted by molar-refractivity contribution is -0.140. The number of amides is 2. The molecule has 22 heavy (non-hydrogen) atoms. The van der Waals surface area contributed by atoms with Crippen LogP contribution in [0.1, 0.15) is 13.8 Å². The fraction of sp³-hybridized carbons (Fsp3) is 0.188. The average molecular weight is 299 g/mol. The lowest BCUT2D eigenvalue weighted by atomic mass is 9.94. The van der Waals surface area contributed by atoms with Crippen molar-refractivity contribution in [3.63, 3.8) is 0 Å². The molecule has 0 unspecified atom stereocenters. The highest BCUT2D eigenvalue weighted by Crippen LogP contribution is 2.25. The van der Waals surface area contributed by atoms with Crippen molar-refractivity contribution in [1.82, 2.24) is 10.0 Å². The number of carbonyl (C=O) groups excluding carboxylic acids is 2. The number of hydrogen-bond donors (Lipinski definition) is 0. The molecule has 0 aliphatic carbocycles. The van der Waals surface area contributed by atoms with Crippen LogP contribution in [-0.2, 0) is 9.59 Å². The molecule has 5 nitrogen and oxygen atoms in total. The first-order valence-corrected chi connectivity index (χ1v) is 6.69. The molecule has 112 valence electrons. The summed E-state index contributed by atoms with van der Waals surface area (Å²) in [4.78, 5) is 25.4. The second-order valence-corrected chi connectivity index (χ2v) is 4.69. The quantitative estimate of drug-likeness (QED) is 0.446. The molecule has 0 N–H and O–H groups in total. The first kappa shape index (κ1) is 15.4. The third-order valence-electron chi connectivity index (χ3n) is 3.40. The molecule has 0 atom stereocenters. The molecular formula is C16H14FN3O2. The second-order valence-electron chi connectivity index (χ2n) is 4.69. The molecule has 0 fully saturated rings. The summed E-state index contributed by atoms with van der Waals surface area (Å²) < 4.78 is 12.8. The van der Waals surface area contributed by atoms with E-state index >= 15 is 0 Å². The number of likely N-dealkylation sites (N-methyl/N-ethyl adjacent to an activating group) is 1. The fourth-order valence-electron chi connectivity index (χ4n) is 2.15. The molecule has 2 aliphatic rings. The third kappa shape index (κ3) is 2.74. The van der Waals surface area contributed by atoms with Gasteiger partial charge in [0.05, 0.1) is 0 Å². The Labute approximate surface area is 127 Å². The van der Waals surface area contributed by atoms with Gasteiger partial charge in [0.1, 0.15) is 11.6 Å². The number of rotatable bonds is 2. The van der Waals surface area contributed by atoms with Crippen molar-refractivity contribution in [3.05, 3.63) is 59.0 Å². The van der Waals surface area contributed by atoms with E-state index in [-0.39, 0.29) is 17.7 Å². The molecule has 0 aromatic carbocycles. The summed E-state index contributed by atoms with van der Waals surface area (Å²) in [5, 5.41) is 9.53. The number of halogens is 1. The zero-order valence-corrected chi connectivity index (χ0v) is 12.2. The van der Waals surface area contributed by atoms with E-state index in [2.05, 4.69) is 0 Å². The van der Waals surface area contributed by atoms with Gasteiger partial charge in [-0.1, -0.05) is 10.6 Å². The summed E-state index contributed by atoms with van der Waals surface area (Å²) in [6.07, 6.45) is 8.72. The van der Waals surface area contributed by atoms with Gasteiger partial charge in [-0.05, 0) is 43.2 Å². The second kappa shape index (κ2) is 6.22. The monoisotopic (exact) mass is 299 g/mol. The molecule has 0 saturated carbocycles. The predicted molar refractivity (Wildman–Crippen MR) is 78.1 cm³/mol. The minimum Gasteiger partial charge on any atom is -0.274 e. The lowest BCUT2D eigenvalue weighted by Gasteiger charge is -2.26. The third-order valence-corrected chi connectivity index (χ3v) is 3.40. The van der Waals surface area contributed by atoms with E-state index in [1.54, 1.807) is 26.0 Å². The highest BCUT2D eigenvalue weighted by atomic mass is 19.2. The van der Waals surface area contributed by atoms with Gasteiger partial charge in [0, 0.05) is 24.5 Å². The van der Waals surface area contributed by atoms with Gasteiger partial charge in [-0.3, -0.25) is 14.5 Å². The summed E-state index contributed by atoms with van der Waals surface area (Å²) in [7, 11) is 0. The van der Waals surface area contributed by atoms with Crippen LogP contribution < -0.4 is 0 Å². The van der Waals surface area contributed by atoms with Crippen molar-refractivity contribution in [2.45, 2.75) is 13.8 Å². The fourth-order valence-corrected chi connectivity index (χ4v) is 2.15. The summed E-state index contributed by atoms with van der Waals surface area (Å²) in [5.74, 6) is -1.00. The predicted octanol–water partition coefficient (Wildman–Crippen LogP) is 2.30. The maximum Gasteiger partial charge on any atom is 0.271 e. The van der Waals surface area contributed by atoms with Crippen molar-refractivity contribution in [2.24, 2.45) is 0 Å². The number of nitriles is 1. The van der Waals surface area contributed by atoms with E-state index < -0.39 is 11.8 Å². The molecule has 0 bridgehead atoms. The zero-order valence-electron chi connectivity index (χ0n) is 12.2. The van der Waals surface area contributed by atoms with Crippen molar-refractivity contribution in [1.29, 1.82) is 5.26 Å². The van der Waals surface area contributed by atoms with Gasteiger partial charge in [0.2, 0.25) is 0 Å². The SMILES string of the molecule is CCN1C(=O)C(C#N)=C(C)/C(=C\C=C2C=CN(F)C=C2)C1=O. The van der Waals surface area contributed by atoms with Crippen LogP contribution in [0.5, 0.6) is 0 Å². The van der Waals surface area contributed by atoms with E-state index in [4.69, 9.17) is 5.26 Å². The number of imide groups is 1. The van der Waals surface area contributed by atoms with Gasteiger partial charge in [0.25, 0.3) is 11.8 Å². The Morgan fingerprint density at radius 1 is 1.23 bits per heavy atom. The van der Waals surface area contributed by atoms with Crippen LogP contribution in [0.25, 0.3) is 0 Å². The molecule has 2 heterocycles. The minimum absolute atomic E-state index is 0.0317. The normalized spacial score (nSPS) is 20.1. The van der Waals surface area contributed by atoms with Crippen LogP contribution in [0.3, 0.4) is 0 Å². The van der Waals surface area contributed by atoms with Crippen LogP contribution in [0.2, 0.25) is 0 Å². The van der Waals surface area contributed by atoms with Crippen LogP contribution in [-0.4, -0.2) is 28.4 Å². The van der Waals surface area contributed by atoms with Crippen LogP contribution >= 0.6 is 0 Å². The Morgan fingerprint density at radius 2 is 1.86 bits per heavy atom. The Morgan fingerprint density at radius 3 is 2.41 bits per heavy atom. The van der Waals surface area contributed by atoms with Gasteiger partial charge < -0.3 is 0 Å². The van der Waals surface area contributed by atoms with E-state index in [0.717, 1.165) is 4.90 Å². The molecular weight excluding hydrogens is 285 g/mol. The Hall–Kier alpha value is -2.94. The molecule has 0 aromatic rings. The highest BCUT2D eigenvalue weighted by Gasteiger charge is 2.33. The van der Waals surface area contributed by atoms with E-state index in [1.165, 1.54) is 24.6 Å². The first-order valence-electron chi connectivity index (χ1n) is 6.69. The van der Waals surface area contributed by atoms with Crippen LogP contribution in [0, 0.1) is 11.3 Å². The summed E-state index contributed by atoms with van der Waals surface area (Å²) >= 11 is 0. The van der Waals surface area contributed by atoms with Crippen molar-refractivity contribution in [3.8, 4) is 6.07 Å².